The number of aryl methyl sites for hydroxylation is 1. The number of aliphatic hydroxyl groups excluding tert-OH is 3. The fourth-order valence-electron chi connectivity index (χ4n) is 3.79. The van der Waals surface area contributed by atoms with Gasteiger partial charge >= 0.3 is 0 Å². The molecule has 0 radical (unpaired) electrons. The van der Waals surface area contributed by atoms with Gasteiger partial charge in [0.1, 0.15) is 35.6 Å². The van der Waals surface area contributed by atoms with Gasteiger partial charge in [-0.05, 0) is 37.6 Å². The predicted octanol–water partition coefficient (Wildman–Crippen LogP) is 0.388. The molecule has 5 N–H and O–H groups in total. The van der Waals surface area contributed by atoms with Gasteiger partial charge < -0.3 is 35.0 Å². The molecule has 1 fully saturated rings. The molecule has 9 heteroatoms. The van der Waals surface area contributed by atoms with Crippen molar-refractivity contribution in [2.75, 3.05) is 0 Å². The normalized spacial score (nSPS) is 28.1. The minimum absolute atomic E-state index is 0.00247. The van der Waals surface area contributed by atoms with Crippen LogP contribution in [0.3, 0.4) is 0 Å². The Morgan fingerprint density at radius 1 is 0.833 bits per heavy atom. The van der Waals surface area contributed by atoms with E-state index in [1.165, 1.54) is 25.1 Å². The Morgan fingerprint density at radius 3 is 2.10 bits per heavy atom. The van der Waals surface area contributed by atoms with Crippen molar-refractivity contribution in [2.45, 2.75) is 44.6 Å². The van der Waals surface area contributed by atoms with Crippen molar-refractivity contribution >= 4 is 11.6 Å². The third kappa shape index (κ3) is 3.03. The van der Waals surface area contributed by atoms with Gasteiger partial charge in [-0.15, -0.1) is 0 Å². The van der Waals surface area contributed by atoms with Crippen LogP contribution in [0.15, 0.2) is 24.3 Å². The fourth-order valence-corrected chi connectivity index (χ4v) is 3.79. The zero-order chi connectivity index (χ0) is 21.9. The maximum atomic E-state index is 13.0. The van der Waals surface area contributed by atoms with Crippen LogP contribution < -0.4 is 4.74 Å². The molecule has 9 nitrogen and oxygen atoms in total. The third-order valence-corrected chi connectivity index (χ3v) is 5.36. The van der Waals surface area contributed by atoms with Gasteiger partial charge in [-0.1, -0.05) is 0 Å². The summed E-state index contributed by atoms with van der Waals surface area (Å²) >= 11 is 0. The van der Waals surface area contributed by atoms with Crippen LogP contribution in [0, 0.1) is 6.92 Å². The van der Waals surface area contributed by atoms with Gasteiger partial charge in [-0.3, -0.25) is 9.59 Å². The van der Waals surface area contributed by atoms with E-state index in [-0.39, 0.29) is 33.8 Å². The van der Waals surface area contributed by atoms with Crippen molar-refractivity contribution in [2.24, 2.45) is 0 Å². The lowest BCUT2D eigenvalue weighted by atomic mass is 9.82. The molecule has 2 aliphatic rings. The third-order valence-electron chi connectivity index (χ3n) is 5.36. The molecule has 1 saturated heterocycles. The summed E-state index contributed by atoms with van der Waals surface area (Å²) in [5.74, 6) is -2.29. The van der Waals surface area contributed by atoms with E-state index in [4.69, 9.17) is 9.47 Å². The number of rotatable bonds is 2. The minimum Gasteiger partial charge on any atom is -0.507 e. The Balaban J connectivity index is 1.73. The number of phenolic OH excluding ortho intramolecular Hbond substituents is 2. The molecule has 1 heterocycles. The summed E-state index contributed by atoms with van der Waals surface area (Å²) < 4.78 is 10.9. The fraction of sp³-hybridized carbons (Fsp3) is 0.333. The molecule has 0 spiro atoms. The van der Waals surface area contributed by atoms with Gasteiger partial charge in [-0.25, -0.2) is 0 Å². The summed E-state index contributed by atoms with van der Waals surface area (Å²) in [4.78, 5) is 25.8. The van der Waals surface area contributed by atoms with E-state index >= 15 is 0 Å². The number of phenols is 2. The van der Waals surface area contributed by atoms with Crippen molar-refractivity contribution in [1.82, 2.24) is 0 Å². The highest BCUT2D eigenvalue weighted by Crippen LogP contribution is 2.40. The molecule has 2 aromatic carbocycles. The molecule has 0 saturated carbocycles. The lowest BCUT2D eigenvalue weighted by Gasteiger charge is -2.39. The maximum absolute atomic E-state index is 13.0. The van der Waals surface area contributed by atoms with E-state index in [1.54, 1.807) is 6.92 Å². The molecule has 158 valence electrons. The van der Waals surface area contributed by atoms with Crippen LogP contribution in [0.4, 0.5) is 0 Å². The highest BCUT2D eigenvalue weighted by Gasteiger charge is 2.43. The Labute approximate surface area is 170 Å². The van der Waals surface area contributed by atoms with Crippen molar-refractivity contribution in [3.05, 3.63) is 52.1 Å². The molecule has 0 bridgehead atoms. The quantitative estimate of drug-likeness (QED) is 0.399. The first-order chi connectivity index (χ1) is 14.1. The zero-order valence-corrected chi connectivity index (χ0v) is 16.1. The second kappa shape index (κ2) is 7.06. The highest BCUT2D eigenvalue weighted by molar-refractivity contribution is 6.30. The van der Waals surface area contributed by atoms with Gasteiger partial charge in [0.25, 0.3) is 0 Å². The Bertz CT molecular complexity index is 1060. The molecule has 0 unspecified atom stereocenters. The number of benzene rings is 2. The lowest BCUT2D eigenvalue weighted by molar-refractivity contribution is -0.268. The minimum atomic E-state index is -1.59. The Morgan fingerprint density at radius 2 is 1.43 bits per heavy atom. The Hall–Kier alpha value is -2.98. The molecule has 1 aliphatic heterocycles. The zero-order valence-electron chi connectivity index (χ0n) is 16.1. The number of carbonyl (C=O) groups is 2. The number of ether oxygens (including phenoxy) is 2. The van der Waals surface area contributed by atoms with Crippen molar-refractivity contribution in [3.63, 3.8) is 0 Å². The van der Waals surface area contributed by atoms with Gasteiger partial charge in [0.15, 0.2) is 5.78 Å². The van der Waals surface area contributed by atoms with Crippen LogP contribution in [0.5, 0.6) is 17.2 Å². The first kappa shape index (κ1) is 20.3. The van der Waals surface area contributed by atoms with Gasteiger partial charge in [0.2, 0.25) is 12.1 Å². The number of hydrogen-bond donors (Lipinski definition) is 5. The monoisotopic (exact) mass is 416 g/mol. The van der Waals surface area contributed by atoms with Crippen LogP contribution in [0.25, 0.3) is 0 Å². The number of hydrogen-bond acceptors (Lipinski definition) is 9. The lowest BCUT2D eigenvalue weighted by Crippen LogP contribution is -2.58. The van der Waals surface area contributed by atoms with Crippen molar-refractivity contribution in [1.29, 1.82) is 0 Å². The predicted molar refractivity (Wildman–Crippen MR) is 101 cm³/mol. The van der Waals surface area contributed by atoms with E-state index in [9.17, 15) is 35.1 Å². The summed E-state index contributed by atoms with van der Waals surface area (Å²) in [6.45, 7) is 3.14. The summed E-state index contributed by atoms with van der Waals surface area (Å²) in [7, 11) is 0. The molecule has 0 aromatic heterocycles. The topological polar surface area (TPSA) is 154 Å². The number of aliphatic hydroxyl groups is 3. The first-order valence-corrected chi connectivity index (χ1v) is 9.26. The summed E-state index contributed by atoms with van der Waals surface area (Å²) in [6, 6.07) is 5.11. The summed E-state index contributed by atoms with van der Waals surface area (Å²) in [6.07, 6.45) is -6.66. The van der Waals surface area contributed by atoms with Crippen LogP contribution in [0.1, 0.15) is 44.3 Å². The molecular formula is C21H20O9. The average molecular weight is 416 g/mol. The molecule has 0 amide bonds. The standard InChI is InChI=1S/C21H20O9/c1-7-3-10-14(12(22)4-7)18(26)15-11(17(10)25)5-9(6-13(15)23)30-21-20(28)19(27)16(24)8(2)29-21/h3-6,8,16,19-24,27-28H,1-2H3/t8-,16-,19-,20-,21+/m1/s1. The molecule has 4 rings (SSSR count). The van der Waals surface area contributed by atoms with Crippen molar-refractivity contribution < 1.29 is 44.6 Å². The molecule has 30 heavy (non-hydrogen) atoms. The number of carbonyl (C=O) groups excluding carboxylic acids is 2. The number of fused-ring (bicyclic) bond motifs is 2. The number of ketones is 2. The molecule has 2 aromatic rings. The molecule has 5 atom stereocenters. The smallest absolute Gasteiger partial charge is 0.229 e. The summed E-state index contributed by atoms with van der Waals surface area (Å²) in [5, 5.41) is 50.4. The van der Waals surface area contributed by atoms with Crippen LogP contribution >= 0.6 is 0 Å². The van der Waals surface area contributed by atoms with E-state index in [1.807, 2.05) is 0 Å². The summed E-state index contributed by atoms with van der Waals surface area (Å²) in [5.41, 5.74) is -0.00573. The molecular weight excluding hydrogens is 396 g/mol. The van der Waals surface area contributed by atoms with E-state index in [0.29, 0.717) is 5.56 Å². The number of aromatic hydroxyl groups is 2. The van der Waals surface area contributed by atoms with E-state index in [2.05, 4.69) is 0 Å². The van der Waals surface area contributed by atoms with Crippen molar-refractivity contribution in [3.8, 4) is 17.2 Å². The second-order valence-corrected chi connectivity index (χ2v) is 7.53. The van der Waals surface area contributed by atoms with E-state index < -0.39 is 48.0 Å². The van der Waals surface area contributed by atoms with Gasteiger partial charge in [0, 0.05) is 17.2 Å². The molecule has 1 aliphatic carbocycles. The Kier molecular flexibility index (Phi) is 4.78. The highest BCUT2D eigenvalue weighted by atomic mass is 16.7. The van der Waals surface area contributed by atoms with Gasteiger partial charge in [-0.2, -0.15) is 0 Å². The average Bonchev–Trinajstić information content (AvgIpc) is 2.67. The SMILES string of the molecule is Cc1cc(O)c2c(c1)C(=O)c1cc(O[C@@H]3O[C@H](C)[C@@H](O)[C@@H](O)[C@H]3O)cc(O)c1C2=O. The maximum Gasteiger partial charge on any atom is 0.229 e. The first-order valence-electron chi connectivity index (χ1n) is 9.26. The van der Waals surface area contributed by atoms with Crippen LogP contribution in [0.2, 0.25) is 0 Å². The van der Waals surface area contributed by atoms with Crippen LogP contribution in [-0.4, -0.2) is 67.8 Å². The van der Waals surface area contributed by atoms with Crippen LogP contribution in [-0.2, 0) is 4.74 Å². The second-order valence-electron chi connectivity index (χ2n) is 7.53. The van der Waals surface area contributed by atoms with Gasteiger partial charge in [0.05, 0.1) is 17.2 Å². The largest absolute Gasteiger partial charge is 0.507 e. The van der Waals surface area contributed by atoms with E-state index in [0.717, 1.165) is 6.07 Å².